The van der Waals surface area contributed by atoms with Gasteiger partial charge in [0.05, 0.1) is 0 Å². The molecule has 31 heavy (non-hydrogen) atoms. The smallest absolute Gasteiger partial charge is 0.241 e. The summed E-state index contributed by atoms with van der Waals surface area (Å²) in [6, 6.07) is 15.3. The number of rotatable bonds is 4. The van der Waals surface area contributed by atoms with Gasteiger partial charge in [0, 0.05) is 42.9 Å². The fourth-order valence-electron chi connectivity index (χ4n) is 5.75. The molecule has 1 amide bonds. The van der Waals surface area contributed by atoms with E-state index in [1.807, 2.05) is 12.3 Å². The second kappa shape index (κ2) is 9.09. The first kappa shape index (κ1) is 20.7. The van der Waals surface area contributed by atoms with Crippen molar-refractivity contribution in [1.29, 1.82) is 0 Å². The maximum atomic E-state index is 13.4. The van der Waals surface area contributed by atoms with Gasteiger partial charge in [-0.15, -0.1) is 0 Å². The molecule has 2 saturated heterocycles. The highest BCUT2D eigenvalue weighted by atomic mass is 16.2. The molecule has 2 aromatic rings. The van der Waals surface area contributed by atoms with Gasteiger partial charge in [-0.3, -0.25) is 15.2 Å². The molecule has 0 bridgehead atoms. The number of fused-ring (bicyclic) bond motifs is 1. The Morgan fingerprint density at radius 2 is 1.94 bits per heavy atom. The molecular weight excluding hydrogens is 384 g/mol. The molecule has 5 unspecified atom stereocenters. The molecule has 5 heteroatoms. The van der Waals surface area contributed by atoms with Gasteiger partial charge in [-0.2, -0.15) is 0 Å². The van der Waals surface area contributed by atoms with Gasteiger partial charge in [0.25, 0.3) is 0 Å². The molecule has 3 heterocycles. The Balaban J connectivity index is 1.22. The van der Waals surface area contributed by atoms with E-state index in [9.17, 15) is 4.79 Å². The van der Waals surface area contributed by atoms with Crippen LogP contribution in [0.15, 0.2) is 48.7 Å². The summed E-state index contributed by atoms with van der Waals surface area (Å²) in [5, 5.41) is 0. The van der Waals surface area contributed by atoms with Crippen LogP contribution in [0, 0.1) is 11.8 Å². The monoisotopic (exact) mass is 418 g/mol. The quantitative estimate of drug-likeness (QED) is 0.796. The predicted octanol–water partition coefficient (Wildman–Crippen LogP) is 3.66. The van der Waals surface area contributed by atoms with Gasteiger partial charge in [-0.1, -0.05) is 43.3 Å². The molecule has 5 nitrogen and oxygen atoms in total. The zero-order chi connectivity index (χ0) is 21.2. The Morgan fingerprint density at radius 3 is 2.74 bits per heavy atom. The van der Waals surface area contributed by atoms with Gasteiger partial charge < -0.3 is 4.90 Å². The minimum absolute atomic E-state index is 0.0762. The number of pyridine rings is 1. The van der Waals surface area contributed by atoms with E-state index in [0.717, 1.165) is 44.5 Å². The Kier molecular flexibility index (Phi) is 6.06. The first-order valence-electron chi connectivity index (χ1n) is 12.0. The van der Waals surface area contributed by atoms with Gasteiger partial charge in [-0.05, 0) is 61.6 Å². The van der Waals surface area contributed by atoms with Crippen LogP contribution in [0.3, 0.4) is 0 Å². The lowest BCUT2D eigenvalue weighted by atomic mass is 9.76. The zero-order valence-electron chi connectivity index (χ0n) is 18.5. The van der Waals surface area contributed by atoms with E-state index in [2.05, 4.69) is 59.1 Å². The molecule has 0 spiro atoms. The van der Waals surface area contributed by atoms with Gasteiger partial charge in [-0.25, -0.2) is 5.43 Å². The molecule has 5 atom stereocenters. The van der Waals surface area contributed by atoms with Crippen LogP contribution < -0.4 is 10.9 Å². The highest BCUT2D eigenvalue weighted by Gasteiger charge is 2.44. The number of nitrogens with one attached hydrogen (secondary N) is 2. The number of benzene rings is 1. The number of aromatic nitrogens is 1. The summed E-state index contributed by atoms with van der Waals surface area (Å²) >= 11 is 0. The summed E-state index contributed by atoms with van der Waals surface area (Å²) in [4.78, 5) is 20.3. The van der Waals surface area contributed by atoms with Gasteiger partial charge in [0.15, 0.2) is 0 Å². The number of amides is 1. The van der Waals surface area contributed by atoms with Crippen LogP contribution in [0.2, 0.25) is 0 Å². The van der Waals surface area contributed by atoms with Crippen molar-refractivity contribution in [3.05, 3.63) is 65.5 Å². The number of hydrogen-bond acceptors (Lipinski definition) is 4. The van der Waals surface area contributed by atoms with Crippen LogP contribution in [0.1, 0.15) is 61.8 Å². The third kappa shape index (κ3) is 4.53. The number of carbonyl (C=O) groups is 1. The third-order valence-corrected chi connectivity index (χ3v) is 7.53. The number of likely N-dealkylation sites (tertiary alicyclic amines) is 1. The van der Waals surface area contributed by atoms with Crippen molar-refractivity contribution in [2.45, 2.75) is 63.5 Å². The molecular formula is C26H34N4O. The number of piperidine rings is 1. The molecule has 2 N–H and O–H groups in total. The first-order chi connectivity index (χ1) is 15.2. The van der Waals surface area contributed by atoms with Crippen LogP contribution in [-0.2, 0) is 11.2 Å². The van der Waals surface area contributed by atoms with Crippen molar-refractivity contribution < 1.29 is 4.79 Å². The lowest BCUT2D eigenvalue weighted by molar-refractivity contribution is -0.135. The third-order valence-electron chi connectivity index (χ3n) is 7.53. The van der Waals surface area contributed by atoms with Crippen molar-refractivity contribution in [2.75, 3.05) is 13.1 Å². The second-order valence-electron chi connectivity index (χ2n) is 9.83. The average molecular weight is 419 g/mol. The number of nitrogens with zero attached hydrogens (tertiary/aromatic N) is 2. The predicted molar refractivity (Wildman–Crippen MR) is 122 cm³/mol. The average Bonchev–Trinajstić information content (AvgIpc) is 3.23. The molecule has 164 valence electrons. The van der Waals surface area contributed by atoms with Crippen LogP contribution in [0.25, 0.3) is 0 Å². The number of hydrazine groups is 1. The Bertz CT molecular complexity index is 884. The summed E-state index contributed by atoms with van der Waals surface area (Å²) in [6.45, 7) is 3.97. The van der Waals surface area contributed by atoms with Gasteiger partial charge in [0.1, 0.15) is 6.04 Å². The summed E-state index contributed by atoms with van der Waals surface area (Å²) in [7, 11) is 0. The first-order valence-corrected chi connectivity index (χ1v) is 12.0. The molecule has 1 aromatic heterocycles. The summed E-state index contributed by atoms with van der Waals surface area (Å²) in [6.07, 6.45) is 8.65. The Labute approximate surface area is 185 Å². The molecule has 3 aliphatic rings. The van der Waals surface area contributed by atoms with Crippen LogP contribution in [0.5, 0.6) is 0 Å². The van der Waals surface area contributed by atoms with Crippen molar-refractivity contribution in [2.24, 2.45) is 11.8 Å². The van der Waals surface area contributed by atoms with Crippen molar-refractivity contribution in [3.63, 3.8) is 0 Å². The van der Waals surface area contributed by atoms with Crippen molar-refractivity contribution >= 4 is 5.91 Å². The molecule has 0 radical (unpaired) electrons. The van der Waals surface area contributed by atoms with E-state index in [4.69, 9.17) is 4.98 Å². The standard InChI is InChI=1S/C26H34N4O/c1-18-9-11-24-22(14-18)25(29-28-24)26(31)30-13-5-8-21(17-30)23-12-10-20(16-27-23)15-19-6-3-2-4-7-19/h2-4,6-7,10,12,16,18,21-22,24-25,28-29H,5,8-9,11,13-15,17H2,1H3. The van der Waals surface area contributed by atoms with E-state index in [1.54, 1.807) is 0 Å². The Morgan fingerprint density at radius 1 is 1.06 bits per heavy atom. The molecule has 1 aliphatic carbocycles. The van der Waals surface area contributed by atoms with Crippen molar-refractivity contribution in [1.82, 2.24) is 20.7 Å². The highest BCUT2D eigenvalue weighted by Crippen LogP contribution is 2.35. The zero-order valence-corrected chi connectivity index (χ0v) is 18.5. The second-order valence-corrected chi connectivity index (χ2v) is 9.83. The van der Waals surface area contributed by atoms with Gasteiger partial charge in [0.2, 0.25) is 5.91 Å². The maximum absolute atomic E-state index is 13.4. The molecule has 1 saturated carbocycles. The fraction of sp³-hybridized carbons (Fsp3) is 0.538. The summed E-state index contributed by atoms with van der Waals surface area (Å²) in [5.41, 5.74) is 10.4. The SMILES string of the molecule is CC1CCC2NNC(C(=O)N3CCCC(c4ccc(Cc5ccccc5)cn4)C3)C2C1. The molecule has 5 rings (SSSR count). The topological polar surface area (TPSA) is 57.3 Å². The fourth-order valence-corrected chi connectivity index (χ4v) is 5.75. The normalized spacial score (nSPS) is 30.7. The Hall–Kier alpha value is -2.24. The van der Waals surface area contributed by atoms with E-state index in [0.29, 0.717) is 23.8 Å². The molecule has 1 aromatic carbocycles. The van der Waals surface area contributed by atoms with Crippen LogP contribution in [0.4, 0.5) is 0 Å². The lowest BCUT2D eigenvalue weighted by Crippen LogP contribution is -2.50. The van der Waals surface area contributed by atoms with Crippen molar-refractivity contribution in [3.8, 4) is 0 Å². The summed E-state index contributed by atoms with van der Waals surface area (Å²) in [5.74, 6) is 1.75. The lowest BCUT2D eigenvalue weighted by Gasteiger charge is -2.36. The molecule has 2 aliphatic heterocycles. The van der Waals surface area contributed by atoms with E-state index < -0.39 is 0 Å². The number of carbonyl (C=O) groups excluding carboxylic acids is 1. The highest BCUT2D eigenvalue weighted by molar-refractivity contribution is 5.83. The maximum Gasteiger partial charge on any atom is 0.241 e. The number of hydrogen-bond donors (Lipinski definition) is 2. The molecule has 3 fully saturated rings. The van der Waals surface area contributed by atoms with E-state index in [1.165, 1.54) is 24.0 Å². The van der Waals surface area contributed by atoms with Crippen LogP contribution >= 0.6 is 0 Å². The van der Waals surface area contributed by atoms with E-state index in [-0.39, 0.29) is 11.9 Å². The minimum Gasteiger partial charge on any atom is -0.341 e. The van der Waals surface area contributed by atoms with Crippen LogP contribution in [-0.4, -0.2) is 41.0 Å². The van der Waals surface area contributed by atoms with Gasteiger partial charge >= 0.3 is 0 Å². The minimum atomic E-state index is -0.0762. The summed E-state index contributed by atoms with van der Waals surface area (Å²) < 4.78 is 0. The van der Waals surface area contributed by atoms with E-state index >= 15 is 0 Å². The largest absolute Gasteiger partial charge is 0.341 e.